The molecule has 18 heteroatoms. The zero-order chi connectivity index (χ0) is 92.7. The van der Waals surface area contributed by atoms with E-state index in [1.807, 2.05) is 170 Å². The molecule has 694 valence electrons. The minimum absolute atomic E-state index is 0. The Morgan fingerprint density at radius 3 is 1.26 bits per heavy atom. The van der Waals surface area contributed by atoms with Gasteiger partial charge in [-0.2, -0.15) is 4.89 Å². The Labute approximate surface area is 783 Å². The van der Waals surface area contributed by atoms with E-state index in [0.717, 1.165) is 119 Å². The molecule has 0 amide bonds. The normalized spacial score (nSPS) is 14.7. The highest BCUT2D eigenvalue weighted by Crippen LogP contribution is 2.35. The van der Waals surface area contributed by atoms with Crippen molar-refractivity contribution < 1.29 is 76.6 Å². The molecule has 0 radical (unpaired) electrons. The van der Waals surface area contributed by atoms with E-state index < -0.39 is 18.0 Å². The van der Waals surface area contributed by atoms with Gasteiger partial charge in [0, 0.05) is 11.6 Å². The summed E-state index contributed by atoms with van der Waals surface area (Å²) in [4.78, 5) is 59.3. The van der Waals surface area contributed by atoms with Crippen LogP contribution in [-0.4, -0.2) is 94.5 Å². The Morgan fingerprint density at radius 2 is 0.771 bits per heavy atom. The predicted molar refractivity (Wildman–Crippen MR) is 535 cm³/mol. The average molecular weight is 1810 g/mol. The van der Waals surface area contributed by atoms with Gasteiger partial charge in [-0.3, -0.25) is 0 Å². The van der Waals surface area contributed by atoms with E-state index >= 15 is 0 Å². The molecule has 0 spiro atoms. The molecule has 11 aromatic rings. The maximum Gasteiger partial charge on any atom is 0.343 e. The first kappa shape index (κ1) is 104. The van der Waals surface area contributed by atoms with Crippen LogP contribution >= 0.6 is 18.5 Å². The smallest absolute Gasteiger partial charge is 0.343 e. The summed E-state index contributed by atoms with van der Waals surface area (Å²) in [5, 5.41) is 0. The lowest BCUT2D eigenvalue weighted by atomic mass is 9.91. The number of fused-ring (bicyclic) bond motifs is 1. The van der Waals surface area contributed by atoms with Crippen LogP contribution in [0.5, 0.6) is 40.2 Å². The third kappa shape index (κ3) is 34.6. The number of hydrogen-bond acceptors (Lipinski definition) is 16. The lowest BCUT2D eigenvalue weighted by molar-refractivity contribution is -0.326. The molecule has 2 saturated heterocycles. The van der Waals surface area contributed by atoms with Gasteiger partial charge in [-0.05, 0) is 316 Å². The minimum Gasteiger partial charge on any atom is -0.494 e. The van der Waals surface area contributed by atoms with Gasteiger partial charge in [-0.25, -0.2) is 24.2 Å². The molecule has 2 heterocycles. The van der Waals surface area contributed by atoms with Crippen molar-refractivity contribution in [2.75, 3.05) is 52.2 Å². The highest BCUT2D eigenvalue weighted by atomic mass is 31.0. The number of ether oxygens (including phenoxy) is 9. The Bertz CT molecular complexity index is 5290. The predicted octanol–water partition coefficient (Wildman–Crippen LogP) is 25.9. The third-order valence-corrected chi connectivity index (χ3v) is 24.4. The fourth-order valence-corrected chi connectivity index (χ4v) is 15.0. The molecule has 2 aliphatic rings. The van der Waals surface area contributed by atoms with Crippen molar-refractivity contribution in [3.05, 3.63) is 360 Å². The number of esters is 3. The molecule has 0 bridgehead atoms. The van der Waals surface area contributed by atoms with Gasteiger partial charge in [0.05, 0.1) is 37.6 Å². The summed E-state index contributed by atoms with van der Waals surface area (Å²) in [5.74, 6) is 4.71. The second-order valence-electron chi connectivity index (χ2n) is 34.0. The maximum absolute atomic E-state index is 12.8. The molecular weight excluding hydrogens is 1680 g/mol. The van der Waals surface area contributed by atoms with Crippen molar-refractivity contribution in [3.8, 4) is 40.2 Å². The first-order chi connectivity index (χ1) is 62.8. The van der Waals surface area contributed by atoms with Crippen molar-refractivity contribution in [1.29, 1.82) is 0 Å². The summed E-state index contributed by atoms with van der Waals surface area (Å²) in [6, 6.07) is 75.7. The average Bonchev–Trinajstić information content (AvgIpc) is 1.65. The van der Waals surface area contributed by atoms with E-state index in [1.54, 1.807) is 54.6 Å². The van der Waals surface area contributed by atoms with Crippen molar-refractivity contribution in [3.63, 3.8) is 0 Å². The van der Waals surface area contributed by atoms with Crippen molar-refractivity contribution in [2.24, 2.45) is 11.8 Å². The van der Waals surface area contributed by atoms with Crippen LogP contribution in [0, 0.1) is 94.9 Å². The molecule has 0 N–H and O–H groups in total. The lowest BCUT2D eigenvalue weighted by Crippen LogP contribution is -2.34. The first-order valence-electron chi connectivity index (χ1n) is 45.4. The number of aryl methyl sites for hydroxylation is 10. The topological polar surface area (TPSA) is 171 Å². The summed E-state index contributed by atoms with van der Waals surface area (Å²) in [6.45, 7) is 31.8. The number of benzene rings is 11. The fraction of sp³-hybridized carbons (Fsp3) is 0.354. The molecular formula is C113H136O16P2. The highest BCUT2D eigenvalue weighted by Gasteiger charge is 2.50. The van der Waals surface area contributed by atoms with Gasteiger partial charge in [0.25, 0.3) is 0 Å². The fourth-order valence-electron chi connectivity index (χ4n) is 14.5. The molecule has 13 rings (SSSR count). The molecule has 11 aromatic carbocycles. The summed E-state index contributed by atoms with van der Waals surface area (Å²) in [5.41, 5.74) is 23.5. The quantitative estimate of drug-likeness (QED) is 0.00519. The maximum atomic E-state index is 12.8. The van der Waals surface area contributed by atoms with Crippen LogP contribution in [0.15, 0.2) is 243 Å². The molecule has 8 atom stereocenters. The standard InChI is InChI=1S/C36H50O6P2.C26H28O6.C26H30.C24H24O4.CH4/c1-26(7-5-23-43)19-21-38-32-13-9-30(10-14-32)25-40-42-35-18-17-34(28(3)29(35)4)41-36(37)31-11-15-33(16-12-31)39-22-20-27(2)8-6-24-44;1-18-5-9-20(10-6-18)4-3-15-30-32-23-17-29-25-22(16-28-26(23)25)31-24(27)14-13-21-11-7-19(2)8-12-21;1-19-5-9-23(10-6-19)13-15-25-17-18-26(22(4)21(25)3)16-14-24-11-7-20(2)8-12-24;1-16-5-9-20(10-6-16)24(25)28-23-14-13-22(18(3)19(23)4)27-15-26-21-11-7-17(2)8-12-21;/h9-18,26-27H,5-8,19-25,43-44H2,1-4H3;3-14,22-23,25-26H,15-17H2,1-2H3;5-12,17-18H,13-16H2,1-4H3;5-14H,15H2,1-4H3;1H4/b;4-3+,14-13-;;;/t;22?,23-,25-,26-;;;/m.0.../s1. The van der Waals surface area contributed by atoms with Gasteiger partial charge in [0.1, 0.15) is 66.0 Å². The van der Waals surface area contributed by atoms with Crippen LogP contribution in [0.3, 0.4) is 0 Å². The SMILES string of the molecule is C.Cc1c(OOCc2ccc(OCCC(C)CCCP)cc2)ccc(OC(=O)c2ccc(OCCC(C)CCCP)cc2)c1C.Cc1ccc(/C=C\C(=O)OC2CO[C@H]3[C@@H](OOC/C=C/c4ccc(C)cc4)CO[C@@H]23)cc1.Cc1ccc(CCc2ccc(CCc3ccc(C)cc3)c(C)c2C)cc1.Cc1ccc(OCOc2ccc(OC(=O)c3ccc(C)cc3)c(C)c2C)cc1. The van der Waals surface area contributed by atoms with Crippen molar-refractivity contribution in [1.82, 2.24) is 0 Å². The largest absolute Gasteiger partial charge is 0.494 e. The van der Waals surface area contributed by atoms with Gasteiger partial charge in [0.2, 0.25) is 6.79 Å². The van der Waals surface area contributed by atoms with Crippen LogP contribution in [0.1, 0.15) is 186 Å². The molecule has 5 unspecified atom stereocenters. The number of carbonyl (C=O) groups excluding carboxylic acids is 3. The van der Waals surface area contributed by atoms with Gasteiger partial charge in [0.15, 0.2) is 11.9 Å². The van der Waals surface area contributed by atoms with Crippen molar-refractivity contribution >= 4 is 48.5 Å². The Kier molecular flexibility index (Phi) is 43.3. The van der Waals surface area contributed by atoms with Gasteiger partial charge in [-0.15, -0.1) is 18.5 Å². The number of rotatable bonds is 40. The van der Waals surface area contributed by atoms with Crippen LogP contribution in [0.4, 0.5) is 0 Å². The number of hydrogen-bond donors (Lipinski definition) is 0. The molecule has 0 aliphatic carbocycles. The van der Waals surface area contributed by atoms with Gasteiger partial charge in [-0.1, -0.05) is 225 Å². The second-order valence-corrected chi connectivity index (χ2v) is 35.2. The van der Waals surface area contributed by atoms with E-state index in [2.05, 4.69) is 140 Å². The Hall–Kier alpha value is -11.0. The van der Waals surface area contributed by atoms with Crippen LogP contribution in [0.25, 0.3) is 12.2 Å². The monoisotopic (exact) mass is 1810 g/mol. The molecule has 0 aromatic heterocycles. The van der Waals surface area contributed by atoms with Crippen LogP contribution < -0.4 is 33.3 Å². The van der Waals surface area contributed by atoms with E-state index in [0.29, 0.717) is 72.4 Å². The van der Waals surface area contributed by atoms with Gasteiger partial charge >= 0.3 is 17.9 Å². The van der Waals surface area contributed by atoms with E-state index in [1.165, 1.54) is 93.0 Å². The third-order valence-electron chi connectivity index (χ3n) is 23.6. The van der Waals surface area contributed by atoms with Crippen LogP contribution in [0.2, 0.25) is 0 Å². The minimum atomic E-state index is -0.467. The van der Waals surface area contributed by atoms with E-state index in [-0.39, 0.29) is 45.1 Å². The zero-order valence-electron chi connectivity index (χ0n) is 78.3. The summed E-state index contributed by atoms with van der Waals surface area (Å²) >= 11 is 0. The van der Waals surface area contributed by atoms with E-state index in [4.69, 9.17) is 62.2 Å². The van der Waals surface area contributed by atoms with Crippen LogP contribution in [-0.2, 0) is 66.0 Å². The summed E-state index contributed by atoms with van der Waals surface area (Å²) in [6.07, 6.45) is 19.2. The number of carbonyl (C=O) groups is 3. The summed E-state index contributed by atoms with van der Waals surface area (Å²) < 4.78 is 51.5. The Morgan fingerprint density at radius 1 is 0.389 bits per heavy atom. The van der Waals surface area contributed by atoms with E-state index in [9.17, 15) is 14.4 Å². The zero-order valence-corrected chi connectivity index (χ0v) is 80.6. The van der Waals surface area contributed by atoms with Crippen molar-refractivity contribution in [2.45, 2.75) is 200 Å². The highest BCUT2D eigenvalue weighted by molar-refractivity contribution is 7.16. The molecule has 131 heavy (non-hydrogen) atoms. The lowest BCUT2D eigenvalue weighted by Gasteiger charge is -2.16. The molecule has 0 saturated carbocycles. The molecule has 16 nitrogen and oxygen atoms in total. The first-order valence-corrected chi connectivity index (χ1v) is 47.1. The second kappa shape index (κ2) is 54.7. The molecule has 2 fully saturated rings. The summed E-state index contributed by atoms with van der Waals surface area (Å²) in [7, 11) is 5.56. The molecule has 2 aliphatic heterocycles. The Balaban J connectivity index is 0.000000200. The van der Waals surface area contributed by atoms with Gasteiger partial charge < -0.3 is 47.5 Å².